The highest BCUT2D eigenvalue weighted by Crippen LogP contribution is 2.31. The molecular weight excluding hydrogens is 162 g/mol. The molecule has 0 aromatic carbocycles. The second-order valence-electron chi connectivity index (χ2n) is 2.86. The summed E-state index contributed by atoms with van der Waals surface area (Å²) in [5.41, 5.74) is 2.07. The van der Waals surface area contributed by atoms with Gasteiger partial charge in [-0.25, -0.2) is 10.3 Å². The molecule has 0 aromatic heterocycles. The fourth-order valence-corrected chi connectivity index (χ4v) is 0.804. The maximum atomic E-state index is 10.8. The summed E-state index contributed by atoms with van der Waals surface area (Å²) >= 11 is 0. The van der Waals surface area contributed by atoms with Crippen molar-refractivity contribution >= 4 is 11.9 Å². The molecule has 1 aliphatic carbocycles. The van der Waals surface area contributed by atoms with Crippen molar-refractivity contribution < 1.29 is 19.5 Å². The van der Waals surface area contributed by atoms with Gasteiger partial charge in [-0.1, -0.05) is 0 Å². The Morgan fingerprint density at radius 2 is 2.17 bits per heavy atom. The van der Waals surface area contributed by atoms with Crippen molar-refractivity contribution in [3.63, 3.8) is 0 Å². The lowest BCUT2D eigenvalue weighted by molar-refractivity contribution is -0.149. The molecule has 0 heterocycles. The Morgan fingerprint density at radius 3 is 2.67 bits per heavy atom. The summed E-state index contributed by atoms with van der Waals surface area (Å²) in [7, 11) is 0. The molecule has 1 rings (SSSR count). The highest BCUT2D eigenvalue weighted by atomic mass is 16.7. The summed E-state index contributed by atoms with van der Waals surface area (Å²) in [6.45, 7) is -0.490. The first kappa shape index (κ1) is 8.99. The molecule has 0 saturated heterocycles. The Labute approximate surface area is 69.7 Å². The summed E-state index contributed by atoms with van der Waals surface area (Å²) in [4.78, 5) is 25.2. The van der Waals surface area contributed by atoms with E-state index >= 15 is 0 Å². The second kappa shape index (κ2) is 4.06. The van der Waals surface area contributed by atoms with Gasteiger partial charge in [-0.05, 0) is 18.8 Å². The predicted molar refractivity (Wildman–Crippen MR) is 39.1 cm³/mol. The molecule has 1 amide bonds. The summed E-state index contributed by atoms with van der Waals surface area (Å²) in [6.07, 6.45) is 2.62. The highest BCUT2D eigenvalue weighted by molar-refractivity contribution is 5.75. The van der Waals surface area contributed by atoms with E-state index in [-0.39, 0.29) is 5.91 Å². The van der Waals surface area contributed by atoms with Crippen LogP contribution in [0, 0.1) is 5.92 Å². The third kappa shape index (κ3) is 3.92. The van der Waals surface area contributed by atoms with Crippen molar-refractivity contribution in [2.75, 3.05) is 6.61 Å². The summed E-state index contributed by atoms with van der Waals surface area (Å²) in [5.74, 6) is -0.848. The number of rotatable bonds is 5. The monoisotopic (exact) mass is 173 g/mol. The van der Waals surface area contributed by atoms with Crippen LogP contribution in [-0.2, 0) is 14.4 Å². The van der Waals surface area contributed by atoms with E-state index in [1.165, 1.54) is 0 Å². The number of aliphatic carboxylic acids is 1. The van der Waals surface area contributed by atoms with Gasteiger partial charge in [-0.3, -0.25) is 9.63 Å². The van der Waals surface area contributed by atoms with Gasteiger partial charge in [0.15, 0.2) is 6.61 Å². The maximum Gasteiger partial charge on any atom is 0.332 e. The van der Waals surface area contributed by atoms with Gasteiger partial charge >= 0.3 is 5.97 Å². The van der Waals surface area contributed by atoms with Gasteiger partial charge in [0.25, 0.3) is 0 Å². The number of carboxylic acids is 1. The van der Waals surface area contributed by atoms with Gasteiger partial charge in [-0.2, -0.15) is 0 Å². The lowest BCUT2D eigenvalue weighted by Gasteiger charge is -2.01. The number of carboxylic acid groups (broad SMARTS) is 1. The molecule has 68 valence electrons. The van der Waals surface area contributed by atoms with E-state index in [4.69, 9.17) is 5.11 Å². The lowest BCUT2D eigenvalue weighted by Crippen LogP contribution is -2.26. The van der Waals surface area contributed by atoms with Crippen molar-refractivity contribution in [2.45, 2.75) is 19.3 Å². The molecular formula is C7H11NO4. The van der Waals surface area contributed by atoms with Crippen LogP contribution in [0.1, 0.15) is 19.3 Å². The first-order chi connectivity index (χ1) is 5.68. The number of nitrogens with one attached hydrogen (secondary N) is 1. The van der Waals surface area contributed by atoms with Crippen LogP contribution >= 0.6 is 0 Å². The molecule has 2 N–H and O–H groups in total. The van der Waals surface area contributed by atoms with E-state index in [2.05, 4.69) is 10.3 Å². The van der Waals surface area contributed by atoms with Crippen LogP contribution in [-0.4, -0.2) is 23.6 Å². The smallest absolute Gasteiger partial charge is 0.332 e. The van der Waals surface area contributed by atoms with Gasteiger partial charge in [0.05, 0.1) is 0 Å². The zero-order chi connectivity index (χ0) is 8.97. The van der Waals surface area contributed by atoms with E-state index < -0.39 is 12.6 Å². The summed E-state index contributed by atoms with van der Waals surface area (Å²) in [5, 5.41) is 8.14. The number of hydroxylamine groups is 1. The molecule has 1 saturated carbocycles. The van der Waals surface area contributed by atoms with E-state index in [9.17, 15) is 9.59 Å². The van der Waals surface area contributed by atoms with Crippen LogP contribution in [0.5, 0.6) is 0 Å². The van der Waals surface area contributed by atoms with Crippen molar-refractivity contribution in [1.82, 2.24) is 5.48 Å². The van der Waals surface area contributed by atoms with E-state index in [1.807, 2.05) is 0 Å². The lowest BCUT2D eigenvalue weighted by atomic mass is 10.3. The molecule has 1 aliphatic rings. The first-order valence-electron chi connectivity index (χ1n) is 3.81. The van der Waals surface area contributed by atoms with Crippen LogP contribution in [0.2, 0.25) is 0 Å². The number of carbonyl (C=O) groups is 2. The first-order valence-corrected chi connectivity index (χ1v) is 3.81. The van der Waals surface area contributed by atoms with Crippen LogP contribution < -0.4 is 5.48 Å². The van der Waals surface area contributed by atoms with E-state index in [1.54, 1.807) is 0 Å². The fourth-order valence-electron chi connectivity index (χ4n) is 0.804. The van der Waals surface area contributed by atoms with E-state index in [0.29, 0.717) is 12.3 Å². The van der Waals surface area contributed by atoms with Crippen LogP contribution in [0.4, 0.5) is 0 Å². The molecule has 1 fully saturated rings. The normalized spacial score (nSPS) is 15.7. The average molecular weight is 173 g/mol. The molecule has 5 nitrogen and oxygen atoms in total. The van der Waals surface area contributed by atoms with Gasteiger partial charge < -0.3 is 5.11 Å². The molecule has 12 heavy (non-hydrogen) atoms. The molecule has 0 unspecified atom stereocenters. The third-order valence-electron chi connectivity index (χ3n) is 1.55. The molecule has 0 aliphatic heterocycles. The zero-order valence-corrected chi connectivity index (χ0v) is 6.58. The Kier molecular flexibility index (Phi) is 3.04. The standard InChI is InChI=1S/C7H11NO4/c9-6(3-5-1-2-5)8-12-4-7(10)11/h5H,1-4H2,(H,8,9)(H,10,11). The maximum absolute atomic E-state index is 10.8. The van der Waals surface area contributed by atoms with Crippen LogP contribution in [0.15, 0.2) is 0 Å². The minimum absolute atomic E-state index is 0.237. The molecule has 0 aromatic rings. The molecule has 0 radical (unpaired) electrons. The minimum Gasteiger partial charge on any atom is -0.479 e. The van der Waals surface area contributed by atoms with E-state index in [0.717, 1.165) is 12.8 Å². The van der Waals surface area contributed by atoms with Crippen molar-refractivity contribution in [3.8, 4) is 0 Å². The molecule has 0 atom stereocenters. The Bertz CT molecular complexity index is 188. The Morgan fingerprint density at radius 1 is 1.50 bits per heavy atom. The van der Waals surface area contributed by atoms with Gasteiger partial charge in [0.2, 0.25) is 5.91 Å². The molecule has 0 bridgehead atoms. The number of carbonyl (C=O) groups excluding carboxylic acids is 1. The predicted octanol–water partition coefficient (Wildman–Crippen LogP) is -0.0811. The van der Waals surface area contributed by atoms with Crippen LogP contribution in [0.3, 0.4) is 0 Å². The second-order valence-corrected chi connectivity index (χ2v) is 2.86. The quantitative estimate of drug-likeness (QED) is 0.570. The topological polar surface area (TPSA) is 75.6 Å². The largest absolute Gasteiger partial charge is 0.479 e. The summed E-state index contributed by atoms with van der Waals surface area (Å²) < 4.78 is 0. The van der Waals surface area contributed by atoms with Crippen molar-refractivity contribution in [3.05, 3.63) is 0 Å². The number of amides is 1. The fraction of sp³-hybridized carbons (Fsp3) is 0.714. The van der Waals surface area contributed by atoms with Crippen LogP contribution in [0.25, 0.3) is 0 Å². The molecule has 5 heteroatoms. The number of hydrogen-bond acceptors (Lipinski definition) is 3. The number of hydrogen-bond donors (Lipinski definition) is 2. The Balaban J connectivity index is 1.97. The SMILES string of the molecule is O=C(O)CONC(=O)CC1CC1. The molecule has 0 spiro atoms. The van der Waals surface area contributed by atoms with Crippen molar-refractivity contribution in [1.29, 1.82) is 0 Å². The summed E-state index contributed by atoms with van der Waals surface area (Å²) in [6, 6.07) is 0. The van der Waals surface area contributed by atoms with Crippen molar-refractivity contribution in [2.24, 2.45) is 5.92 Å². The van der Waals surface area contributed by atoms with Gasteiger partial charge in [0.1, 0.15) is 0 Å². The minimum atomic E-state index is -1.10. The Hall–Kier alpha value is -1.10. The van der Waals surface area contributed by atoms with Gasteiger partial charge in [0, 0.05) is 6.42 Å². The van der Waals surface area contributed by atoms with Gasteiger partial charge in [-0.15, -0.1) is 0 Å². The zero-order valence-electron chi connectivity index (χ0n) is 6.58. The highest BCUT2D eigenvalue weighted by Gasteiger charge is 2.24. The average Bonchev–Trinajstić information content (AvgIpc) is 2.70. The third-order valence-corrected chi connectivity index (χ3v) is 1.55.